The molecule has 18 heavy (non-hydrogen) atoms. The highest BCUT2D eigenvalue weighted by Gasteiger charge is 2.38. The summed E-state index contributed by atoms with van der Waals surface area (Å²) in [5.41, 5.74) is 0.377. The van der Waals surface area contributed by atoms with Gasteiger partial charge in [-0.05, 0) is 4.92 Å². The Labute approximate surface area is 105 Å². The highest BCUT2D eigenvalue weighted by Crippen LogP contribution is 2.22. The van der Waals surface area contributed by atoms with E-state index in [1.165, 1.54) is 4.57 Å². The molecule has 0 fully saturated rings. The fourth-order valence-electron chi connectivity index (χ4n) is 2.04. The molecule has 0 unspecified atom stereocenters. The molecule has 0 atom stereocenters. The summed E-state index contributed by atoms with van der Waals surface area (Å²) in [6, 6.07) is 5.78. The van der Waals surface area contributed by atoms with E-state index < -0.39 is 10.5 Å². The summed E-state index contributed by atoms with van der Waals surface area (Å²) in [6.07, 6.45) is 5.41. The Morgan fingerprint density at radius 3 is 2.44 bits per heavy atom. The Morgan fingerprint density at radius 1 is 1.33 bits per heavy atom. The quantitative estimate of drug-likeness (QED) is 0.468. The molecule has 0 aliphatic rings. The summed E-state index contributed by atoms with van der Waals surface area (Å²) in [4.78, 5) is 14.2. The SMILES string of the molecule is Cn1c(C(C)(C)[n+]2ccccc2)cnc1[N+](=O)[O-]. The molecule has 94 valence electrons. The average Bonchev–Trinajstić information content (AvgIpc) is 2.73. The standard InChI is InChI=1S/C12H15N4O2/c1-12(2,15-7-5-4-6-8-15)10-9-13-11(14(10)3)16(17)18/h4-9H,1-3H3/q+1. The lowest BCUT2D eigenvalue weighted by Gasteiger charge is -2.16. The van der Waals surface area contributed by atoms with Gasteiger partial charge in [0.15, 0.2) is 18.1 Å². The van der Waals surface area contributed by atoms with E-state index in [0.29, 0.717) is 0 Å². The van der Waals surface area contributed by atoms with Crippen LogP contribution in [0.25, 0.3) is 0 Å². The zero-order valence-electron chi connectivity index (χ0n) is 10.6. The largest absolute Gasteiger partial charge is 0.434 e. The molecule has 0 aliphatic carbocycles. The highest BCUT2D eigenvalue weighted by molar-refractivity contribution is 5.19. The second-order valence-corrected chi connectivity index (χ2v) is 4.60. The summed E-state index contributed by atoms with van der Waals surface area (Å²) in [5, 5.41) is 10.8. The number of hydrogen-bond donors (Lipinski definition) is 0. The molecular formula is C12H15N4O2+. The Bertz CT molecular complexity index is 575. The van der Waals surface area contributed by atoms with Crippen LogP contribution in [0.4, 0.5) is 5.95 Å². The van der Waals surface area contributed by atoms with Gasteiger partial charge in [-0.2, -0.15) is 4.57 Å². The average molecular weight is 247 g/mol. The topological polar surface area (TPSA) is 64.8 Å². The predicted molar refractivity (Wildman–Crippen MR) is 64.9 cm³/mol. The van der Waals surface area contributed by atoms with Gasteiger partial charge in [0, 0.05) is 26.0 Å². The predicted octanol–water partition coefficient (Wildman–Crippen LogP) is 1.40. The van der Waals surface area contributed by atoms with E-state index in [-0.39, 0.29) is 5.95 Å². The summed E-state index contributed by atoms with van der Waals surface area (Å²) in [7, 11) is 1.66. The third-order valence-electron chi connectivity index (χ3n) is 3.11. The monoisotopic (exact) mass is 247 g/mol. The number of rotatable bonds is 3. The molecule has 0 saturated heterocycles. The number of hydrogen-bond acceptors (Lipinski definition) is 3. The van der Waals surface area contributed by atoms with Crippen molar-refractivity contribution >= 4 is 5.95 Å². The van der Waals surface area contributed by atoms with E-state index in [0.717, 1.165) is 5.69 Å². The number of aromatic nitrogens is 3. The Balaban J connectivity index is 2.52. The van der Waals surface area contributed by atoms with Crippen LogP contribution in [0.3, 0.4) is 0 Å². The van der Waals surface area contributed by atoms with Gasteiger partial charge in [0.25, 0.3) is 0 Å². The minimum Gasteiger partial charge on any atom is -0.390 e. The molecule has 6 heteroatoms. The van der Waals surface area contributed by atoms with E-state index in [4.69, 9.17) is 0 Å². The summed E-state index contributed by atoms with van der Waals surface area (Å²) in [6.45, 7) is 3.99. The van der Waals surface area contributed by atoms with E-state index in [1.807, 2.05) is 49.0 Å². The third kappa shape index (κ3) is 1.85. The fourth-order valence-corrected chi connectivity index (χ4v) is 2.04. The lowest BCUT2D eigenvalue weighted by molar-refractivity contribution is -0.748. The lowest BCUT2D eigenvalue weighted by Crippen LogP contribution is -2.53. The summed E-state index contributed by atoms with van der Waals surface area (Å²) >= 11 is 0. The van der Waals surface area contributed by atoms with Gasteiger partial charge in [-0.25, -0.2) is 4.57 Å². The Morgan fingerprint density at radius 2 is 1.94 bits per heavy atom. The summed E-state index contributed by atoms with van der Waals surface area (Å²) < 4.78 is 3.51. The lowest BCUT2D eigenvalue weighted by atomic mass is 10.0. The minimum absolute atomic E-state index is 0.144. The zero-order valence-corrected chi connectivity index (χ0v) is 10.6. The molecule has 0 N–H and O–H groups in total. The molecule has 0 radical (unpaired) electrons. The normalized spacial score (nSPS) is 11.5. The number of pyridine rings is 1. The smallest absolute Gasteiger partial charge is 0.390 e. The second-order valence-electron chi connectivity index (χ2n) is 4.60. The van der Waals surface area contributed by atoms with E-state index in [9.17, 15) is 10.1 Å². The van der Waals surface area contributed by atoms with Gasteiger partial charge < -0.3 is 10.1 Å². The third-order valence-corrected chi connectivity index (χ3v) is 3.11. The molecule has 2 rings (SSSR count). The van der Waals surface area contributed by atoms with Crippen molar-refractivity contribution in [2.45, 2.75) is 19.4 Å². The maximum absolute atomic E-state index is 10.8. The van der Waals surface area contributed by atoms with E-state index >= 15 is 0 Å². The van der Waals surface area contributed by atoms with Gasteiger partial charge in [-0.1, -0.05) is 11.1 Å². The van der Waals surface area contributed by atoms with Gasteiger partial charge in [-0.15, -0.1) is 0 Å². The number of imidazole rings is 1. The van der Waals surface area contributed by atoms with Gasteiger partial charge in [-0.3, -0.25) is 0 Å². The first kappa shape index (κ1) is 12.2. The van der Waals surface area contributed by atoms with Crippen molar-refractivity contribution in [3.05, 3.63) is 52.6 Å². The first-order valence-corrected chi connectivity index (χ1v) is 5.58. The van der Waals surface area contributed by atoms with Crippen LogP contribution in [-0.4, -0.2) is 14.5 Å². The fraction of sp³-hybridized carbons (Fsp3) is 0.333. The van der Waals surface area contributed by atoms with Crippen molar-refractivity contribution in [1.82, 2.24) is 9.55 Å². The molecule has 2 aromatic heterocycles. The van der Waals surface area contributed by atoms with Crippen molar-refractivity contribution in [1.29, 1.82) is 0 Å². The zero-order chi connectivity index (χ0) is 13.3. The molecule has 0 saturated carbocycles. The first-order valence-electron chi connectivity index (χ1n) is 5.58. The van der Waals surface area contributed by atoms with Crippen LogP contribution in [0, 0.1) is 10.1 Å². The molecule has 0 aromatic carbocycles. The van der Waals surface area contributed by atoms with E-state index in [2.05, 4.69) is 4.98 Å². The highest BCUT2D eigenvalue weighted by atomic mass is 16.6. The van der Waals surface area contributed by atoms with Crippen LogP contribution in [-0.2, 0) is 12.6 Å². The molecule has 0 spiro atoms. The second kappa shape index (κ2) is 4.21. The van der Waals surface area contributed by atoms with Crippen molar-refractivity contribution < 1.29 is 9.49 Å². The maximum atomic E-state index is 10.8. The molecule has 0 aliphatic heterocycles. The van der Waals surface area contributed by atoms with Crippen LogP contribution in [0.2, 0.25) is 0 Å². The van der Waals surface area contributed by atoms with Crippen LogP contribution in [0.1, 0.15) is 19.5 Å². The van der Waals surface area contributed by atoms with Crippen molar-refractivity contribution in [2.75, 3.05) is 0 Å². The summed E-state index contributed by atoms with van der Waals surface area (Å²) in [5.74, 6) is -0.144. The molecule has 0 bridgehead atoms. The first-order chi connectivity index (χ1) is 8.44. The van der Waals surface area contributed by atoms with Gasteiger partial charge in [0.05, 0.1) is 7.05 Å². The molecule has 2 aromatic rings. The van der Waals surface area contributed by atoms with Crippen LogP contribution in [0.5, 0.6) is 0 Å². The molecule has 2 heterocycles. The number of nitro groups is 1. The minimum atomic E-state index is -0.477. The van der Waals surface area contributed by atoms with Crippen LogP contribution < -0.4 is 4.57 Å². The van der Waals surface area contributed by atoms with Crippen LogP contribution >= 0.6 is 0 Å². The van der Waals surface area contributed by atoms with Crippen molar-refractivity contribution in [3.8, 4) is 0 Å². The van der Waals surface area contributed by atoms with Crippen molar-refractivity contribution in [3.63, 3.8) is 0 Å². The van der Waals surface area contributed by atoms with Crippen molar-refractivity contribution in [2.24, 2.45) is 7.05 Å². The molecule has 0 amide bonds. The maximum Gasteiger partial charge on any atom is 0.434 e. The van der Waals surface area contributed by atoms with Gasteiger partial charge in [0.1, 0.15) is 6.20 Å². The van der Waals surface area contributed by atoms with Crippen LogP contribution in [0.15, 0.2) is 36.8 Å². The molecule has 6 nitrogen and oxygen atoms in total. The molecular weight excluding hydrogens is 232 g/mol. The Hall–Kier alpha value is -2.24. The van der Waals surface area contributed by atoms with Gasteiger partial charge >= 0.3 is 5.95 Å². The van der Waals surface area contributed by atoms with Gasteiger partial charge in [0.2, 0.25) is 5.54 Å². The number of nitrogens with zero attached hydrogens (tertiary/aromatic N) is 4. The Kier molecular flexibility index (Phi) is 2.86. The van der Waals surface area contributed by atoms with E-state index in [1.54, 1.807) is 13.2 Å².